The Balaban J connectivity index is 2.25. The van der Waals surface area contributed by atoms with Crippen molar-refractivity contribution in [2.24, 2.45) is 0 Å². The van der Waals surface area contributed by atoms with Gasteiger partial charge in [-0.1, -0.05) is 12.2 Å². The zero-order valence-corrected chi connectivity index (χ0v) is 15.4. The van der Waals surface area contributed by atoms with E-state index in [4.69, 9.17) is 4.74 Å². The van der Waals surface area contributed by atoms with Crippen LogP contribution in [0.4, 0.5) is 11.4 Å². The van der Waals surface area contributed by atoms with Gasteiger partial charge >= 0.3 is 11.4 Å². The van der Waals surface area contributed by atoms with Crippen molar-refractivity contribution in [3.8, 4) is 17.2 Å². The summed E-state index contributed by atoms with van der Waals surface area (Å²) in [5.74, 6) is -1.67. The number of hydrogen-bond acceptors (Lipinski definition) is 8. The van der Waals surface area contributed by atoms with Crippen molar-refractivity contribution in [2.75, 3.05) is 7.11 Å². The van der Waals surface area contributed by atoms with Gasteiger partial charge in [-0.2, -0.15) is 0 Å². The number of hydrogen-bond donors (Lipinski definition) is 2. The second kappa shape index (κ2) is 8.65. The highest BCUT2D eigenvalue weighted by molar-refractivity contribution is 6.04. The van der Waals surface area contributed by atoms with Gasteiger partial charge in [-0.3, -0.25) is 25.0 Å². The third-order valence-corrected chi connectivity index (χ3v) is 3.87. The van der Waals surface area contributed by atoms with E-state index in [-0.39, 0.29) is 16.9 Å². The molecule has 2 N–H and O–H groups in total. The van der Waals surface area contributed by atoms with Crippen molar-refractivity contribution in [3.63, 3.8) is 0 Å². The first kappa shape index (κ1) is 21.1. The third-order valence-electron chi connectivity index (χ3n) is 3.87. The molecule has 0 heterocycles. The molecular formula is C19H16N2O8. The summed E-state index contributed by atoms with van der Waals surface area (Å²) in [4.78, 5) is 32.5. The molecule has 2 aromatic carbocycles. The molecule has 0 aromatic heterocycles. The van der Waals surface area contributed by atoms with E-state index in [1.165, 1.54) is 38.3 Å². The summed E-state index contributed by atoms with van der Waals surface area (Å²) in [6.45, 7) is 1.49. The molecule has 2 rings (SSSR count). The molecule has 0 amide bonds. The maximum Gasteiger partial charge on any atom is 0.315 e. The fourth-order valence-corrected chi connectivity index (χ4v) is 2.44. The number of carbonyl (C=O) groups excluding carboxylic acids is 1. The minimum absolute atomic E-state index is 0.117. The van der Waals surface area contributed by atoms with Crippen molar-refractivity contribution >= 4 is 29.3 Å². The molecule has 2 aromatic rings. The molecule has 150 valence electrons. The van der Waals surface area contributed by atoms with Gasteiger partial charge in [0.2, 0.25) is 5.75 Å². The number of carbonyl (C=O) groups is 1. The number of benzene rings is 2. The monoisotopic (exact) mass is 400 g/mol. The summed E-state index contributed by atoms with van der Waals surface area (Å²) >= 11 is 0. The van der Waals surface area contributed by atoms with Crippen molar-refractivity contribution in [1.82, 2.24) is 0 Å². The maximum atomic E-state index is 12.0. The molecule has 0 saturated carbocycles. The summed E-state index contributed by atoms with van der Waals surface area (Å²) in [5.41, 5.74) is -0.166. The topological polar surface area (TPSA) is 153 Å². The highest BCUT2D eigenvalue weighted by atomic mass is 16.6. The van der Waals surface area contributed by atoms with E-state index in [0.717, 1.165) is 24.3 Å². The van der Waals surface area contributed by atoms with E-state index in [9.17, 15) is 35.2 Å². The van der Waals surface area contributed by atoms with Gasteiger partial charge in [-0.05, 0) is 47.9 Å². The van der Waals surface area contributed by atoms with Crippen LogP contribution in [0.1, 0.15) is 16.7 Å². The molecule has 10 heteroatoms. The lowest BCUT2D eigenvalue weighted by molar-refractivity contribution is -0.386. The summed E-state index contributed by atoms with van der Waals surface area (Å²) in [6.07, 6.45) is 4.92. The van der Waals surface area contributed by atoms with Crippen molar-refractivity contribution in [1.29, 1.82) is 0 Å². The Bertz CT molecular complexity index is 1060. The summed E-state index contributed by atoms with van der Waals surface area (Å²) in [6, 6.07) is 5.01. The fourth-order valence-electron chi connectivity index (χ4n) is 2.44. The average Bonchev–Trinajstić information content (AvgIpc) is 2.67. The van der Waals surface area contributed by atoms with E-state index in [0.29, 0.717) is 5.56 Å². The van der Waals surface area contributed by atoms with Crippen LogP contribution in [0.15, 0.2) is 36.4 Å². The lowest BCUT2D eigenvalue weighted by Crippen LogP contribution is -1.93. The fraction of sp³-hybridized carbons (Fsp3) is 0.105. The second-order valence-corrected chi connectivity index (χ2v) is 5.88. The van der Waals surface area contributed by atoms with E-state index in [1.54, 1.807) is 0 Å². The summed E-state index contributed by atoms with van der Waals surface area (Å²) in [7, 11) is 1.24. The molecule has 0 aliphatic carbocycles. The minimum Gasteiger partial charge on any atom is -0.502 e. The number of nitro benzene ring substituents is 2. The number of ether oxygens (including phenoxy) is 1. The predicted octanol–water partition coefficient (Wildman–Crippen LogP) is 3.53. The maximum absolute atomic E-state index is 12.0. The van der Waals surface area contributed by atoms with Crippen LogP contribution in [0.3, 0.4) is 0 Å². The van der Waals surface area contributed by atoms with Gasteiger partial charge in [0.05, 0.1) is 17.0 Å². The summed E-state index contributed by atoms with van der Waals surface area (Å²) < 4.78 is 4.88. The number of ketones is 1. The SMILES string of the molecule is COc1cc(/C=C/C(=O)/C=C/c2cc(C)c(O)c([N+](=O)[O-])c2)cc([N+](=O)[O-])c1O. The first-order valence-electron chi connectivity index (χ1n) is 8.07. The van der Waals surface area contributed by atoms with E-state index >= 15 is 0 Å². The highest BCUT2D eigenvalue weighted by Crippen LogP contribution is 2.37. The Morgan fingerprint density at radius 1 is 0.931 bits per heavy atom. The van der Waals surface area contributed by atoms with E-state index in [2.05, 4.69) is 0 Å². The largest absolute Gasteiger partial charge is 0.502 e. The number of aromatic hydroxyl groups is 2. The van der Waals surface area contributed by atoms with E-state index in [1.807, 2.05) is 0 Å². The first-order chi connectivity index (χ1) is 13.6. The van der Waals surface area contributed by atoms with Crippen LogP contribution in [-0.2, 0) is 4.79 Å². The van der Waals surface area contributed by atoms with Crippen LogP contribution in [0.2, 0.25) is 0 Å². The molecule has 0 saturated heterocycles. The number of methoxy groups -OCH3 is 1. The third kappa shape index (κ3) is 4.95. The number of nitrogens with zero attached hydrogens (tertiary/aromatic N) is 2. The smallest absolute Gasteiger partial charge is 0.315 e. The van der Waals surface area contributed by atoms with Crippen LogP contribution >= 0.6 is 0 Å². The number of allylic oxidation sites excluding steroid dienone is 2. The molecule has 10 nitrogen and oxygen atoms in total. The molecule has 0 atom stereocenters. The van der Waals surface area contributed by atoms with Gasteiger partial charge in [-0.15, -0.1) is 0 Å². The molecule has 0 radical (unpaired) electrons. The number of phenols is 2. The zero-order chi connectivity index (χ0) is 21.7. The number of nitro groups is 2. The Labute approximate surface area is 164 Å². The number of aryl methyl sites for hydroxylation is 1. The van der Waals surface area contributed by atoms with Crippen LogP contribution < -0.4 is 4.74 Å². The predicted molar refractivity (Wildman–Crippen MR) is 104 cm³/mol. The Morgan fingerprint density at radius 2 is 1.41 bits per heavy atom. The van der Waals surface area contributed by atoms with Gasteiger partial charge in [0.1, 0.15) is 0 Å². The molecule has 0 spiro atoms. The standard InChI is InChI=1S/C19H16N2O8/c1-11-7-12(8-15(18(11)23)20(25)26)3-5-14(22)6-4-13-9-16(21(27)28)19(24)17(10-13)29-2/h3-10,23-24H,1-2H3/b5-3+,6-4+. The first-order valence-corrected chi connectivity index (χ1v) is 8.07. The quantitative estimate of drug-likeness (QED) is 0.406. The molecule has 0 fully saturated rings. The van der Waals surface area contributed by atoms with Gasteiger partial charge in [0, 0.05) is 12.1 Å². The highest BCUT2D eigenvalue weighted by Gasteiger charge is 2.19. The van der Waals surface area contributed by atoms with Gasteiger partial charge < -0.3 is 14.9 Å². The van der Waals surface area contributed by atoms with Crippen LogP contribution in [0, 0.1) is 27.2 Å². The van der Waals surface area contributed by atoms with Gasteiger partial charge in [-0.25, -0.2) is 0 Å². The molecular weight excluding hydrogens is 384 g/mol. The average molecular weight is 400 g/mol. The molecule has 29 heavy (non-hydrogen) atoms. The molecule has 0 aliphatic rings. The summed E-state index contributed by atoms with van der Waals surface area (Å²) in [5, 5.41) is 41.4. The zero-order valence-electron chi connectivity index (χ0n) is 15.4. The van der Waals surface area contributed by atoms with Crippen LogP contribution in [-0.4, -0.2) is 33.0 Å². The Morgan fingerprint density at radius 3 is 1.90 bits per heavy atom. The van der Waals surface area contributed by atoms with E-state index < -0.39 is 38.5 Å². The lowest BCUT2D eigenvalue weighted by atomic mass is 10.1. The van der Waals surface area contributed by atoms with Crippen molar-refractivity contribution < 1.29 is 29.6 Å². The number of rotatable bonds is 7. The molecule has 0 unspecified atom stereocenters. The second-order valence-electron chi connectivity index (χ2n) is 5.88. The Kier molecular flexibility index (Phi) is 6.29. The molecule has 0 aliphatic heterocycles. The van der Waals surface area contributed by atoms with Crippen molar-refractivity contribution in [2.45, 2.75) is 6.92 Å². The lowest BCUT2D eigenvalue weighted by Gasteiger charge is -2.05. The molecule has 0 bridgehead atoms. The van der Waals surface area contributed by atoms with Gasteiger partial charge in [0.15, 0.2) is 17.3 Å². The Hall–Kier alpha value is -4.21. The van der Waals surface area contributed by atoms with Crippen LogP contribution in [0.25, 0.3) is 12.2 Å². The minimum atomic E-state index is -0.781. The van der Waals surface area contributed by atoms with Gasteiger partial charge in [0.25, 0.3) is 0 Å². The number of phenolic OH excluding ortho intramolecular Hbond substituents is 2. The van der Waals surface area contributed by atoms with Crippen LogP contribution in [0.5, 0.6) is 17.2 Å². The normalized spacial score (nSPS) is 11.1. The van der Waals surface area contributed by atoms with Crippen molar-refractivity contribution in [3.05, 3.63) is 73.3 Å².